The van der Waals surface area contributed by atoms with Gasteiger partial charge < -0.3 is 10.2 Å². The number of halogens is 2. The minimum atomic E-state index is 0.358. The third kappa shape index (κ3) is 3.60. The third-order valence-corrected chi connectivity index (χ3v) is 5.10. The predicted octanol–water partition coefficient (Wildman–Crippen LogP) is 4.64. The Balaban J connectivity index is 1.83. The molecule has 2 nitrogen and oxygen atoms in total. The van der Waals surface area contributed by atoms with Gasteiger partial charge in [-0.15, -0.1) is 0 Å². The van der Waals surface area contributed by atoms with E-state index in [2.05, 4.69) is 62.5 Å². The Morgan fingerprint density at radius 3 is 2.71 bits per heavy atom. The molecule has 4 heteroatoms. The topological polar surface area (TPSA) is 15.3 Å². The molecule has 0 bridgehead atoms. The van der Waals surface area contributed by atoms with E-state index in [9.17, 15) is 0 Å². The van der Waals surface area contributed by atoms with Crippen molar-refractivity contribution in [3.63, 3.8) is 0 Å². The van der Waals surface area contributed by atoms with Crippen LogP contribution in [0.3, 0.4) is 0 Å². The summed E-state index contributed by atoms with van der Waals surface area (Å²) >= 11 is 9.69. The molecule has 1 unspecified atom stereocenters. The molecule has 0 aromatic heterocycles. The van der Waals surface area contributed by atoms with Gasteiger partial charge in [-0.3, -0.25) is 0 Å². The SMILES string of the molecule is Clc1cc(N2CCCNC(c3ccccc3)C2)ccc1Br. The zero-order valence-corrected chi connectivity index (χ0v) is 14.1. The molecular weight excluding hydrogens is 348 g/mol. The summed E-state index contributed by atoms with van der Waals surface area (Å²) in [4.78, 5) is 2.41. The predicted molar refractivity (Wildman–Crippen MR) is 93.2 cm³/mol. The van der Waals surface area contributed by atoms with Crippen LogP contribution in [0.25, 0.3) is 0 Å². The number of hydrogen-bond acceptors (Lipinski definition) is 2. The largest absolute Gasteiger partial charge is 0.370 e. The van der Waals surface area contributed by atoms with Gasteiger partial charge >= 0.3 is 0 Å². The maximum absolute atomic E-state index is 6.24. The number of hydrogen-bond donors (Lipinski definition) is 1. The number of nitrogens with zero attached hydrogens (tertiary/aromatic N) is 1. The second-order valence-electron chi connectivity index (χ2n) is 5.32. The molecule has 0 saturated carbocycles. The van der Waals surface area contributed by atoms with Crippen molar-refractivity contribution in [3.8, 4) is 0 Å². The van der Waals surface area contributed by atoms with E-state index < -0.39 is 0 Å². The van der Waals surface area contributed by atoms with Crippen LogP contribution in [-0.4, -0.2) is 19.6 Å². The second kappa shape index (κ2) is 6.82. The molecule has 2 aromatic carbocycles. The molecule has 0 spiro atoms. The van der Waals surface area contributed by atoms with Crippen LogP contribution in [0, 0.1) is 0 Å². The molecule has 2 aromatic rings. The highest BCUT2D eigenvalue weighted by molar-refractivity contribution is 9.10. The molecule has 110 valence electrons. The lowest BCUT2D eigenvalue weighted by atomic mass is 10.1. The molecule has 0 radical (unpaired) electrons. The molecule has 1 atom stereocenters. The average Bonchev–Trinajstić information content (AvgIpc) is 2.77. The number of anilines is 1. The normalized spacial score (nSPS) is 19.3. The van der Waals surface area contributed by atoms with Gasteiger partial charge in [-0.05, 0) is 52.7 Å². The summed E-state index contributed by atoms with van der Waals surface area (Å²) < 4.78 is 0.945. The molecule has 21 heavy (non-hydrogen) atoms. The first-order valence-electron chi connectivity index (χ1n) is 7.22. The van der Waals surface area contributed by atoms with Crippen molar-refractivity contribution in [1.82, 2.24) is 5.32 Å². The zero-order chi connectivity index (χ0) is 14.7. The van der Waals surface area contributed by atoms with Gasteiger partial charge in [-0.2, -0.15) is 0 Å². The van der Waals surface area contributed by atoms with Crippen LogP contribution in [0.5, 0.6) is 0 Å². The van der Waals surface area contributed by atoms with Crippen molar-refractivity contribution in [2.75, 3.05) is 24.5 Å². The lowest BCUT2D eigenvalue weighted by Gasteiger charge is -2.27. The van der Waals surface area contributed by atoms with Crippen LogP contribution in [0.2, 0.25) is 5.02 Å². The maximum atomic E-state index is 6.24. The standard InChI is InChI=1S/C17H18BrClN2/c18-15-8-7-14(11-16(15)19)21-10-4-9-20-17(12-21)13-5-2-1-3-6-13/h1-3,5-8,11,17,20H,4,9-10,12H2. The van der Waals surface area contributed by atoms with Crippen molar-refractivity contribution in [2.24, 2.45) is 0 Å². The van der Waals surface area contributed by atoms with Crippen LogP contribution in [0.15, 0.2) is 53.0 Å². The monoisotopic (exact) mass is 364 g/mol. The van der Waals surface area contributed by atoms with Gasteiger partial charge in [0.25, 0.3) is 0 Å². The molecule has 3 rings (SSSR count). The number of nitrogens with one attached hydrogen (secondary N) is 1. The van der Waals surface area contributed by atoms with E-state index in [0.717, 1.165) is 35.6 Å². The molecule has 1 heterocycles. The Morgan fingerprint density at radius 1 is 1.14 bits per heavy atom. The van der Waals surface area contributed by atoms with Gasteiger partial charge in [0.05, 0.1) is 5.02 Å². The van der Waals surface area contributed by atoms with Crippen LogP contribution in [0.4, 0.5) is 5.69 Å². The minimum Gasteiger partial charge on any atom is -0.370 e. The molecule has 1 aliphatic heterocycles. The minimum absolute atomic E-state index is 0.358. The Bertz CT molecular complexity index is 603. The number of rotatable bonds is 2. The second-order valence-corrected chi connectivity index (χ2v) is 6.58. The lowest BCUT2D eigenvalue weighted by molar-refractivity contribution is 0.570. The van der Waals surface area contributed by atoms with E-state index in [1.165, 1.54) is 11.3 Å². The summed E-state index contributed by atoms with van der Waals surface area (Å²) in [6.45, 7) is 3.05. The fourth-order valence-corrected chi connectivity index (χ4v) is 3.17. The van der Waals surface area contributed by atoms with Gasteiger partial charge in [-0.25, -0.2) is 0 Å². The molecule has 1 aliphatic rings. The summed E-state index contributed by atoms with van der Waals surface area (Å²) in [5.74, 6) is 0. The lowest BCUT2D eigenvalue weighted by Crippen LogP contribution is -2.31. The van der Waals surface area contributed by atoms with Crippen molar-refractivity contribution in [3.05, 3.63) is 63.6 Å². The maximum Gasteiger partial charge on any atom is 0.0568 e. The Kier molecular flexibility index (Phi) is 4.84. The summed E-state index contributed by atoms with van der Waals surface area (Å²) in [5.41, 5.74) is 2.53. The first-order chi connectivity index (χ1) is 10.2. The van der Waals surface area contributed by atoms with Gasteiger partial charge in [0.1, 0.15) is 0 Å². The Morgan fingerprint density at radius 2 is 1.95 bits per heavy atom. The third-order valence-electron chi connectivity index (χ3n) is 3.87. The van der Waals surface area contributed by atoms with Crippen molar-refractivity contribution in [2.45, 2.75) is 12.5 Å². The average molecular weight is 366 g/mol. The van der Waals surface area contributed by atoms with E-state index in [4.69, 9.17) is 11.6 Å². The van der Waals surface area contributed by atoms with E-state index in [1.54, 1.807) is 0 Å². The Hall–Kier alpha value is -1.03. The number of benzene rings is 2. The van der Waals surface area contributed by atoms with Gasteiger partial charge in [0.2, 0.25) is 0 Å². The quantitative estimate of drug-likeness (QED) is 0.834. The summed E-state index contributed by atoms with van der Waals surface area (Å²) in [7, 11) is 0. The van der Waals surface area contributed by atoms with E-state index in [0.29, 0.717) is 6.04 Å². The summed E-state index contributed by atoms with van der Waals surface area (Å²) in [6.07, 6.45) is 1.14. The Labute approximate surface area is 139 Å². The molecule has 1 fully saturated rings. The van der Waals surface area contributed by atoms with Crippen LogP contribution >= 0.6 is 27.5 Å². The smallest absolute Gasteiger partial charge is 0.0568 e. The molecular formula is C17H18BrClN2. The van der Waals surface area contributed by atoms with Crippen LogP contribution < -0.4 is 10.2 Å². The van der Waals surface area contributed by atoms with Gasteiger partial charge in [-0.1, -0.05) is 41.9 Å². The summed E-state index contributed by atoms with van der Waals surface area (Å²) in [5, 5.41) is 4.40. The first kappa shape index (κ1) is 14.9. The highest BCUT2D eigenvalue weighted by atomic mass is 79.9. The highest BCUT2D eigenvalue weighted by Crippen LogP contribution is 2.29. The van der Waals surface area contributed by atoms with Crippen LogP contribution in [-0.2, 0) is 0 Å². The fourth-order valence-electron chi connectivity index (χ4n) is 2.75. The van der Waals surface area contributed by atoms with E-state index in [1.807, 2.05) is 12.1 Å². The molecule has 1 N–H and O–H groups in total. The first-order valence-corrected chi connectivity index (χ1v) is 8.39. The fraction of sp³-hybridized carbons (Fsp3) is 0.294. The molecule has 0 aliphatic carbocycles. The van der Waals surface area contributed by atoms with Gasteiger partial charge in [0, 0.05) is 29.3 Å². The molecule has 0 amide bonds. The van der Waals surface area contributed by atoms with Crippen molar-refractivity contribution >= 4 is 33.2 Å². The van der Waals surface area contributed by atoms with E-state index in [-0.39, 0.29) is 0 Å². The molecule has 1 saturated heterocycles. The van der Waals surface area contributed by atoms with Crippen molar-refractivity contribution in [1.29, 1.82) is 0 Å². The highest BCUT2D eigenvalue weighted by Gasteiger charge is 2.19. The zero-order valence-electron chi connectivity index (χ0n) is 11.7. The van der Waals surface area contributed by atoms with Crippen molar-refractivity contribution < 1.29 is 0 Å². The van der Waals surface area contributed by atoms with E-state index >= 15 is 0 Å². The summed E-state index contributed by atoms with van der Waals surface area (Å²) in [6, 6.07) is 17.2. The van der Waals surface area contributed by atoms with Crippen LogP contribution in [0.1, 0.15) is 18.0 Å². The van der Waals surface area contributed by atoms with Gasteiger partial charge in [0.15, 0.2) is 0 Å².